The number of ether oxygens (including phenoxy) is 3. The number of nitrogens with one attached hydrogen (secondary N) is 1. The van der Waals surface area contributed by atoms with Crippen molar-refractivity contribution in [3.05, 3.63) is 54.1 Å². The third kappa shape index (κ3) is 6.33. The van der Waals surface area contributed by atoms with Crippen LogP contribution in [-0.4, -0.2) is 64.0 Å². The van der Waals surface area contributed by atoms with Gasteiger partial charge in [-0.25, -0.2) is 13.1 Å². The monoisotopic (exact) mass is 475 g/mol. The first-order chi connectivity index (χ1) is 15.8. The van der Waals surface area contributed by atoms with Gasteiger partial charge < -0.3 is 19.3 Å². The number of aliphatic hydroxyl groups is 1. The summed E-state index contributed by atoms with van der Waals surface area (Å²) in [7, 11) is -1.72. The van der Waals surface area contributed by atoms with Crippen LogP contribution in [0.3, 0.4) is 0 Å². The van der Waals surface area contributed by atoms with Crippen LogP contribution in [0.5, 0.6) is 5.75 Å². The molecule has 8 heteroatoms. The Hall–Kier alpha value is -1.97. The van der Waals surface area contributed by atoms with Crippen LogP contribution >= 0.6 is 0 Å². The van der Waals surface area contributed by atoms with E-state index in [0.29, 0.717) is 12.8 Å². The number of benzene rings is 2. The number of hydrogen-bond donors (Lipinski definition) is 2. The van der Waals surface area contributed by atoms with Gasteiger partial charge in [0.05, 0.1) is 50.4 Å². The number of sulfonamides is 1. The van der Waals surface area contributed by atoms with E-state index in [9.17, 15) is 13.5 Å². The van der Waals surface area contributed by atoms with Crippen LogP contribution in [0.4, 0.5) is 0 Å². The zero-order valence-electron chi connectivity index (χ0n) is 19.1. The molecular formula is C25H33NO6S. The molecule has 180 valence electrons. The van der Waals surface area contributed by atoms with E-state index in [-0.39, 0.29) is 37.1 Å². The SMILES string of the molecule is COc1cccc(-c2ccc(CC[C@H]3O[C@H]4CC[C@@H](CO)O[C@H]4C[C@H]3NS(C)(=O)=O)cc2)c1. The van der Waals surface area contributed by atoms with Crippen molar-refractivity contribution in [3.8, 4) is 16.9 Å². The van der Waals surface area contributed by atoms with Crippen LogP contribution in [0.2, 0.25) is 0 Å². The topological polar surface area (TPSA) is 94.1 Å². The van der Waals surface area contributed by atoms with Gasteiger partial charge in [-0.3, -0.25) is 0 Å². The van der Waals surface area contributed by atoms with E-state index in [1.54, 1.807) is 7.11 Å². The maximum atomic E-state index is 12.0. The second-order valence-corrected chi connectivity index (χ2v) is 10.7. The number of aliphatic hydroxyl groups excluding tert-OH is 1. The Labute approximate surface area is 196 Å². The van der Waals surface area contributed by atoms with Crippen molar-refractivity contribution in [2.45, 2.75) is 62.6 Å². The molecule has 0 aromatic heterocycles. The lowest BCUT2D eigenvalue weighted by Gasteiger charge is -2.45. The molecule has 2 heterocycles. The van der Waals surface area contributed by atoms with Gasteiger partial charge in [0.2, 0.25) is 10.0 Å². The van der Waals surface area contributed by atoms with Crippen LogP contribution in [0.1, 0.15) is 31.2 Å². The predicted molar refractivity (Wildman–Crippen MR) is 127 cm³/mol. The minimum atomic E-state index is -3.38. The summed E-state index contributed by atoms with van der Waals surface area (Å²) in [6, 6.07) is 16.0. The van der Waals surface area contributed by atoms with E-state index in [4.69, 9.17) is 14.2 Å². The smallest absolute Gasteiger partial charge is 0.209 e. The van der Waals surface area contributed by atoms with Gasteiger partial charge in [-0.1, -0.05) is 36.4 Å². The maximum Gasteiger partial charge on any atom is 0.209 e. The Balaban J connectivity index is 1.42. The molecule has 4 rings (SSSR count). The summed E-state index contributed by atoms with van der Waals surface area (Å²) in [5.41, 5.74) is 3.38. The van der Waals surface area contributed by atoms with Crippen molar-refractivity contribution >= 4 is 10.0 Å². The summed E-state index contributed by atoms with van der Waals surface area (Å²) in [5, 5.41) is 9.43. The molecule has 33 heavy (non-hydrogen) atoms. The summed E-state index contributed by atoms with van der Waals surface area (Å²) >= 11 is 0. The molecular weight excluding hydrogens is 442 g/mol. The summed E-state index contributed by atoms with van der Waals surface area (Å²) < 4.78 is 44.3. The molecule has 2 aliphatic heterocycles. The Bertz CT molecular complexity index is 1030. The van der Waals surface area contributed by atoms with Crippen LogP contribution in [0, 0.1) is 0 Å². The predicted octanol–water partition coefficient (Wildman–Crippen LogP) is 2.91. The van der Waals surface area contributed by atoms with Gasteiger partial charge in [-0.15, -0.1) is 0 Å². The van der Waals surface area contributed by atoms with Crippen LogP contribution < -0.4 is 9.46 Å². The first-order valence-corrected chi connectivity index (χ1v) is 13.4. The fourth-order valence-corrected chi connectivity index (χ4v) is 5.60. The number of methoxy groups -OCH3 is 1. The highest BCUT2D eigenvalue weighted by Gasteiger charge is 2.42. The zero-order valence-corrected chi connectivity index (χ0v) is 20.0. The Kier molecular flexibility index (Phi) is 7.71. The average molecular weight is 476 g/mol. The summed E-state index contributed by atoms with van der Waals surface area (Å²) in [6.45, 7) is -0.0252. The van der Waals surface area contributed by atoms with E-state index in [0.717, 1.165) is 36.1 Å². The first kappa shape index (κ1) is 24.2. The van der Waals surface area contributed by atoms with Gasteiger partial charge in [-0.2, -0.15) is 0 Å². The van der Waals surface area contributed by atoms with E-state index >= 15 is 0 Å². The molecule has 0 saturated carbocycles. The fraction of sp³-hybridized carbons (Fsp3) is 0.520. The second kappa shape index (κ2) is 10.5. The third-order valence-electron chi connectivity index (χ3n) is 6.48. The largest absolute Gasteiger partial charge is 0.497 e. The standard InChI is InChI=1S/C25H33NO6S/c1-30-20-5-3-4-19(14-20)18-9-6-17(7-10-18)8-12-23-22(26-33(2,28)29)15-25-24(32-23)13-11-21(16-27)31-25/h3-7,9-10,14,21-27H,8,11-13,15-16H2,1-2H3/t21-,22+,23+,24-,25-/m0/s1. The van der Waals surface area contributed by atoms with Gasteiger partial charge in [0.15, 0.2) is 0 Å². The van der Waals surface area contributed by atoms with Crippen molar-refractivity contribution < 1.29 is 27.7 Å². The molecule has 2 saturated heterocycles. The molecule has 2 N–H and O–H groups in total. The lowest BCUT2D eigenvalue weighted by molar-refractivity contribution is -0.200. The highest BCUT2D eigenvalue weighted by molar-refractivity contribution is 7.88. The van der Waals surface area contributed by atoms with Gasteiger partial charge in [-0.05, 0) is 60.9 Å². The van der Waals surface area contributed by atoms with Crippen molar-refractivity contribution in [1.82, 2.24) is 4.72 Å². The molecule has 2 aliphatic rings. The lowest BCUT2D eigenvalue weighted by atomic mass is 9.88. The minimum absolute atomic E-state index is 0.0252. The average Bonchev–Trinajstić information content (AvgIpc) is 2.81. The normalized spacial score (nSPS) is 27.7. The summed E-state index contributed by atoms with van der Waals surface area (Å²) in [5.74, 6) is 0.825. The molecule has 2 aromatic carbocycles. The second-order valence-electron chi connectivity index (χ2n) is 8.97. The molecule has 5 atom stereocenters. The quantitative estimate of drug-likeness (QED) is 0.610. The van der Waals surface area contributed by atoms with Crippen molar-refractivity contribution in [3.63, 3.8) is 0 Å². The zero-order chi connectivity index (χ0) is 23.4. The summed E-state index contributed by atoms with van der Waals surface area (Å²) in [6.07, 6.45) is 4.08. The molecule has 0 bridgehead atoms. The lowest BCUT2D eigenvalue weighted by Crippen LogP contribution is -2.57. The molecule has 0 aliphatic carbocycles. The molecule has 0 unspecified atom stereocenters. The Morgan fingerprint density at radius 1 is 1.06 bits per heavy atom. The first-order valence-electron chi connectivity index (χ1n) is 11.5. The van der Waals surface area contributed by atoms with Crippen LogP contribution in [0.25, 0.3) is 11.1 Å². The van der Waals surface area contributed by atoms with E-state index < -0.39 is 10.0 Å². The Morgan fingerprint density at radius 3 is 2.55 bits per heavy atom. The van der Waals surface area contributed by atoms with Crippen molar-refractivity contribution in [2.75, 3.05) is 20.0 Å². The highest BCUT2D eigenvalue weighted by Crippen LogP contribution is 2.33. The van der Waals surface area contributed by atoms with E-state index in [2.05, 4.69) is 35.1 Å². The molecule has 7 nitrogen and oxygen atoms in total. The van der Waals surface area contributed by atoms with Crippen LogP contribution in [-0.2, 0) is 25.9 Å². The number of rotatable bonds is 8. The number of fused-ring (bicyclic) bond motifs is 1. The van der Waals surface area contributed by atoms with Gasteiger partial charge in [0.1, 0.15) is 5.75 Å². The summed E-state index contributed by atoms with van der Waals surface area (Å²) in [4.78, 5) is 0. The molecule has 2 aromatic rings. The highest BCUT2D eigenvalue weighted by atomic mass is 32.2. The van der Waals surface area contributed by atoms with Crippen LogP contribution in [0.15, 0.2) is 48.5 Å². The van der Waals surface area contributed by atoms with Gasteiger partial charge in [0, 0.05) is 0 Å². The van der Waals surface area contributed by atoms with E-state index in [1.807, 2.05) is 18.2 Å². The van der Waals surface area contributed by atoms with Gasteiger partial charge >= 0.3 is 0 Å². The fourth-order valence-electron chi connectivity index (χ4n) is 4.80. The van der Waals surface area contributed by atoms with Gasteiger partial charge in [0.25, 0.3) is 0 Å². The minimum Gasteiger partial charge on any atom is -0.497 e. The maximum absolute atomic E-state index is 12.0. The number of hydrogen-bond acceptors (Lipinski definition) is 6. The van der Waals surface area contributed by atoms with Crippen molar-refractivity contribution in [1.29, 1.82) is 0 Å². The molecule has 0 radical (unpaired) electrons. The molecule has 0 spiro atoms. The molecule has 2 fully saturated rings. The Morgan fingerprint density at radius 2 is 1.85 bits per heavy atom. The molecule has 0 amide bonds. The van der Waals surface area contributed by atoms with E-state index in [1.165, 1.54) is 11.8 Å². The third-order valence-corrected chi connectivity index (χ3v) is 7.21. The van der Waals surface area contributed by atoms with Crippen molar-refractivity contribution in [2.24, 2.45) is 0 Å². The number of aryl methyl sites for hydroxylation is 1.